The number of carbonyl (C=O) groups is 1. The Bertz CT molecular complexity index is 1350. The first-order chi connectivity index (χ1) is 16.0. The van der Waals surface area contributed by atoms with Crippen molar-refractivity contribution in [2.24, 2.45) is 0 Å². The molecule has 0 unspecified atom stereocenters. The Morgan fingerprint density at radius 1 is 1.12 bits per heavy atom. The molecule has 1 N–H and O–H groups in total. The largest absolute Gasteiger partial charge is 0.322 e. The van der Waals surface area contributed by atoms with E-state index < -0.39 is 0 Å². The van der Waals surface area contributed by atoms with E-state index in [1.54, 1.807) is 17.4 Å². The number of nitrogens with one attached hydrogen (secondary N) is 1. The molecular weight excluding hydrogens is 456 g/mol. The fraction of sp³-hybridized carbons (Fsp3) is 0.304. The zero-order valence-electron chi connectivity index (χ0n) is 18.4. The second-order valence-electron chi connectivity index (χ2n) is 8.18. The Labute approximate surface area is 199 Å². The maximum Gasteiger partial charge on any atom is 0.321 e. The van der Waals surface area contributed by atoms with Crippen LogP contribution in [-0.4, -0.2) is 56.6 Å². The summed E-state index contributed by atoms with van der Waals surface area (Å²) >= 11 is 3.02. The summed E-state index contributed by atoms with van der Waals surface area (Å²) in [6.45, 7) is 7.29. The lowest BCUT2D eigenvalue weighted by molar-refractivity contribution is 0.142. The van der Waals surface area contributed by atoms with Crippen LogP contribution in [0.3, 0.4) is 0 Å². The standard InChI is InChI=1S/C23H24N6O2S2/c1-15-5-6-16(2)18(12-15)25-22(31)28-9-7-27(8-10-28)14-17-13-20(30)29-23(24-17)33-21(26-29)19-4-3-11-32-19/h3-6,11-13H,7-10,14H2,1-2H3,(H,25,31). The van der Waals surface area contributed by atoms with Gasteiger partial charge in [-0.25, -0.2) is 9.78 Å². The minimum atomic E-state index is -0.166. The Morgan fingerprint density at radius 2 is 1.94 bits per heavy atom. The number of nitrogens with zero attached hydrogens (tertiary/aromatic N) is 5. The van der Waals surface area contributed by atoms with Gasteiger partial charge in [0.1, 0.15) is 0 Å². The third kappa shape index (κ3) is 4.68. The number of piperazine rings is 1. The van der Waals surface area contributed by atoms with Crippen LogP contribution < -0.4 is 10.9 Å². The van der Waals surface area contributed by atoms with Gasteiger partial charge in [0.15, 0.2) is 5.01 Å². The van der Waals surface area contributed by atoms with Crippen molar-refractivity contribution >= 4 is 39.4 Å². The highest BCUT2D eigenvalue weighted by molar-refractivity contribution is 7.23. The van der Waals surface area contributed by atoms with Gasteiger partial charge in [-0.15, -0.1) is 11.3 Å². The monoisotopic (exact) mass is 480 g/mol. The van der Waals surface area contributed by atoms with Crippen LogP contribution in [-0.2, 0) is 6.54 Å². The fourth-order valence-electron chi connectivity index (χ4n) is 3.84. The van der Waals surface area contributed by atoms with E-state index >= 15 is 0 Å². The van der Waals surface area contributed by atoms with Crippen LogP contribution in [0.5, 0.6) is 0 Å². The summed E-state index contributed by atoms with van der Waals surface area (Å²) in [6, 6.07) is 11.5. The smallest absolute Gasteiger partial charge is 0.321 e. The van der Waals surface area contributed by atoms with Crippen LogP contribution in [0.25, 0.3) is 14.8 Å². The zero-order chi connectivity index (χ0) is 22.9. The van der Waals surface area contributed by atoms with Gasteiger partial charge in [0.25, 0.3) is 5.56 Å². The summed E-state index contributed by atoms with van der Waals surface area (Å²) in [5.41, 5.74) is 3.58. The first kappa shape index (κ1) is 21.7. The van der Waals surface area contributed by atoms with E-state index in [1.165, 1.54) is 15.9 Å². The molecule has 1 saturated heterocycles. The number of anilines is 1. The number of fused-ring (bicyclic) bond motifs is 1. The maximum atomic E-state index is 12.7. The molecule has 2 amide bonds. The summed E-state index contributed by atoms with van der Waals surface area (Å²) in [5.74, 6) is 0. The Morgan fingerprint density at radius 3 is 2.70 bits per heavy atom. The molecule has 0 saturated carbocycles. The summed E-state index contributed by atoms with van der Waals surface area (Å²) in [4.78, 5) is 35.7. The molecule has 0 atom stereocenters. The summed E-state index contributed by atoms with van der Waals surface area (Å²) < 4.78 is 1.37. The minimum absolute atomic E-state index is 0.0769. The molecule has 0 radical (unpaired) electrons. The number of aromatic nitrogens is 3. The number of urea groups is 1. The van der Waals surface area contributed by atoms with Gasteiger partial charge < -0.3 is 10.2 Å². The molecule has 4 heterocycles. The van der Waals surface area contributed by atoms with Crippen molar-refractivity contribution in [1.82, 2.24) is 24.4 Å². The summed E-state index contributed by atoms with van der Waals surface area (Å²) in [6.07, 6.45) is 0. The molecule has 0 spiro atoms. The second kappa shape index (κ2) is 9.05. The van der Waals surface area contributed by atoms with Crippen molar-refractivity contribution in [2.45, 2.75) is 20.4 Å². The zero-order valence-corrected chi connectivity index (χ0v) is 20.1. The number of hydrogen-bond acceptors (Lipinski definition) is 7. The highest BCUT2D eigenvalue weighted by Gasteiger charge is 2.22. The van der Waals surface area contributed by atoms with Gasteiger partial charge in [-0.1, -0.05) is 29.5 Å². The quantitative estimate of drug-likeness (QED) is 0.480. The highest BCUT2D eigenvalue weighted by atomic mass is 32.1. The molecule has 0 aliphatic carbocycles. The van der Waals surface area contributed by atoms with Gasteiger partial charge in [-0.3, -0.25) is 9.69 Å². The van der Waals surface area contributed by atoms with Gasteiger partial charge in [-0.05, 0) is 42.5 Å². The average molecular weight is 481 g/mol. The summed E-state index contributed by atoms with van der Waals surface area (Å²) in [7, 11) is 0. The molecule has 8 nitrogen and oxygen atoms in total. The third-order valence-electron chi connectivity index (χ3n) is 5.71. The van der Waals surface area contributed by atoms with Crippen LogP contribution in [0.1, 0.15) is 16.8 Å². The molecule has 1 aliphatic heterocycles. The van der Waals surface area contributed by atoms with Gasteiger partial charge in [0.2, 0.25) is 4.96 Å². The van der Waals surface area contributed by atoms with Crippen molar-refractivity contribution < 1.29 is 4.79 Å². The SMILES string of the molecule is Cc1ccc(C)c(NC(=O)N2CCN(Cc3cc(=O)n4nc(-c5cccs5)sc4n3)CC2)c1. The van der Waals surface area contributed by atoms with E-state index in [2.05, 4.69) is 20.3 Å². The third-order valence-corrected chi connectivity index (χ3v) is 7.66. The molecule has 1 aliphatic rings. The molecule has 10 heteroatoms. The number of thiophene rings is 1. The van der Waals surface area contributed by atoms with Crippen LogP contribution in [0, 0.1) is 13.8 Å². The van der Waals surface area contributed by atoms with Gasteiger partial charge in [0, 0.05) is 44.5 Å². The van der Waals surface area contributed by atoms with E-state index in [9.17, 15) is 9.59 Å². The van der Waals surface area contributed by atoms with Gasteiger partial charge >= 0.3 is 6.03 Å². The van der Waals surface area contributed by atoms with E-state index in [4.69, 9.17) is 0 Å². The van der Waals surface area contributed by atoms with Crippen molar-refractivity contribution in [1.29, 1.82) is 0 Å². The van der Waals surface area contributed by atoms with E-state index in [0.29, 0.717) is 24.6 Å². The predicted octanol–water partition coefficient (Wildman–Crippen LogP) is 3.85. The Hall–Kier alpha value is -3.08. The topological polar surface area (TPSA) is 82.8 Å². The Balaban J connectivity index is 1.22. The molecule has 1 aromatic carbocycles. The molecule has 170 valence electrons. The second-order valence-corrected chi connectivity index (χ2v) is 10.1. The van der Waals surface area contributed by atoms with Gasteiger partial charge in [0.05, 0.1) is 10.6 Å². The molecule has 33 heavy (non-hydrogen) atoms. The average Bonchev–Trinajstić information content (AvgIpc) is 3.47. The fourth-order valence-corrected chi connectivity index (χ4v) is 5.56. The van der Waals surface area contributed by atoms with Crippen molar-refractivity contribution in [3.05, 3.63) is 69.0 Å². The van der Waals surface area contributed by atoms with Crippen molar-refractivity contribution in [3.8, 4) is 9.88 Å². The Kier molecular flexibility index (Phi) is 5.96. The lowest BCUT2D eigenvalue weighted by Gasteiger charge is -2.34. The van der Waals surface area contributed by atoms with Gasteiger partial charge in [-0.2, -0.15) is 9.61 Å². The lowest BCUT2D eigenvalue weighted by atomic mass is 10.1. The van der Waals surface area contributed by atoms with Crippen LogP contribution in [0.4, 0.5) is 10.5 Å². The van der Waals surface area contributed by atoms with E-state index in [0.717, 1.165) is 45.5 Å². The molecular formula is C23H24N6O2S2. The summed E-state index contributed by atoms with van der Waals surface area (Å²) in [5, 5.41) is 10.3. The van der Waals surface area contributed by atoms with Crippen LogP contribution in [0.15, 0.2) is 46.6 Å². The lowest BCUT2D eigenvalue weighted by Crippen LogP contribution is -2.49. The normalized spacial score (nSPS) is 14.7. The molecule has 0 bridgehead atoms. The van der Waals surface area contributed by atoms with E-state index in [-0.39, 0.29) is 11.6 Å². The highest BCUT2D eigenvalue weighted by Crippen LogP contribution is 2.28. The number of rotatable bonds is 4. The van der Waals surface area contributed by atoms with Crippen molar-refractivity contribution in [2.75, 3.05) is 31.5 Å². The molecule has 5 rings (SSSR count). The van der Waals surface area contributed by atoms with Crippen LogP contribution >= 0.6 is 22.7 Å². The number of benzene rings is 1. The molecule has 3 aromatic heterocycles. The number of carbonyl (C=O) groups excluding carboxylic acids is 1. The van der Waals surface area contributed by atoms with Crippen LogP contribution in [0.2, 0.25) is 0 Å². The number of amides is 2. The first-order valence-corrected chi connectivity index (χ1v) is 12.4. The predicted molar refractivity (Wildman–Crippen MR) is 132 cm³/mol. The number of aryl methyl sites for hydroxylation is 2. The molecule has 1 fully saturated rings. The van der Waals surface area contributed by atoms with E-state index in [1.807, 2.05) is 54.5 Å². The van der Waals surface area contributed by atoms with Crippen molar-refractivity contribution in [3.63, 3.8) is 0 Å². The maximum absolute atomic E-state index is 12.7. The molecule has 4 aromatic rings. The first-order valence-electron chi connectivity index (χ1n) is 10.8. The number of hydrogen-bond donors (Lipinski definition) is 1. The minimum Gasteiger partial charge on any atom is -0.322 e.